The summed E-state index contributed by atoms with van der Waals surface area (Å²) in [5.41, 5.74) is 6.89. The first-order chi connectivity index (χ1) is 11.6. The minimum Gasteiger partial charge on any atom is -0.459 e. The van der Waals surface area contributed by atoms with Gasteiger partial charge in [0, 0.05) is 23.9 Å². The fraction of sp³-hybridized carbons (Fsp3) is 0.333. The van der Waals surface area contributed by atoms with E-state index in [1.807, 2.05) is 42.2 Å². The van der Waals surface area contributed by atoms with Gasteiger partial charge in [-0.1, -0.05) is 25.1 Å². The second-order valence-electron chi connectivity index (χ2n) is 5.69. The molecule has 2 N–H and O–H groups in total. The molecule has 0 radical (unpaired) electrons. The van der Waals surface area contributed by atoms with E-state index in [2.05, 4.69) is 11.9 Å². The molecule has 0 spiro atoms. The monoisotopic (exact) mass is 379 g/mol. The first-order valence-electron chi connectivity index (χ1n) is 8.08. The van der Waals surface area contributed by atoms with Crippen LogP contribution in [0.4, 0.5) is 0 Å². The van der Waals surface area contributed by atoms with Crippen LogP contribution in [-0.2, 0) is 6.54 Å². The lowest BCUT2D eigenvalue weighted by Gasteiger charge is -2.27. The molecule has 1 atom stereocenters. The standard InChI is InChI=1S/C18H21N3O2S.ClH/c1-3-8-21(18(22)14-11-24-17(10-19)20-14)12(2)16-9-13-6-4-5-7-15(13)23-16;/h4-7,9,11-12H,3,8,10,19H2,1-2H3;1H. The summed E-state index contributed by atoms with van der Waals surface area (Å²) in [5, 5.41) is 3.59. The van der Waals surface area contributed by atoms with Crippen molar-refractivity contribution in [2.24, 2.45) is 5.73 Å². The first-order valence-corrected chi connectivity index (χ1v) is 8.96. The van der Waals surface area contributed by atoms with Crippen LogP contribution in [0, 0.1) is 0 Å². The molecule has 2 heterocycles. The molecule has 134 valence electrons. The molecule has 5 nitrogen and oxygen atoms in total. The van der Waals surface area contributed by atoms with E-state index < -0.39 is 0 Å². The molecular formula is C18H22ClN3O2S. The Balaban J connectivity index is 0.00000225. The summed E-state index contributed by atoms with van der Waals surface area (Å²) in [6.07, 6.45) is 0.865. The van der Waals surface area contributed by atoms with Crippen LogP contribution in [0.3, 0.4) is 0 Å². The third-order valence-electron chi connectivity index (χ3n) is 3.99. The highest BCUT2D eigenvalue weighted by Crippen LogP contribution is 2.28. The minimum absolute atomic E-state index is 0. The lowest BCUT2D eigenvalue weighted by molar-refractivity contribution is 0.0667. The van der Waals surface area contributed by atoms with E-state index in [-0.39, 0.29) is 24.4 Å². The molecule has 3 rings (SSSR count). The average molecular weight is 380 g/mol. The normalized spacial score (nSPS) is 12.0. The number of nitrogens with zero attached hydrogens (tertiary/aromatic N) is 2. The van der Waals surface area contributed by atoms with Crippen molar-refractivity contribution in [2.75, 3.05) is 6.54 Å². The fourth-order valence-electron chi connectivity index (χ4n) is 2.72. The van der Waals surface area contributed by atoms with Crippen molar-refractivity contribution in [3.05, 3.63) is 52.2 Å². The number of nitrogens with two attached hydrogens (primary N) is 1. The molecule has 7 heteroatoms. The summed E-state index contributed by atoms with van der Waals surface area (Å²) < 4.78 is 5.94. The third kappa shape index (κ3) is 4.03. The van der Waals surface area contributed by atoms with Crippen molar-refractivity contribution in [2.45, 2.75) is 32.9 Å². The second kappa shape index (κ2) is 8.47. The van der Waals surface area contributed by atoms with Gasteiger partial charge in [0.1, 0.15) is 22.0 Å². The molecular weight excluding hydrogens is 358 g/mol. The Morgan fingerprint density at radius 3 is 2.80 bits per heavy atom. The maximum Gasteiger partial charge on any atom is 0.273 e. The largest absolute Gasteiger partial charge is 0.459 e. The number of para-hydroxylation sites is 1. The lowest BCUT2D eigenvalue weighted by atomic mass is 10.1. The number of thiazole rings is 1. The van der Waals surface area contributed by atoms with Crippen LogP contribution in [0.25, 0.3) is 11.0 Å². The van der Waals surface area contributed by atoms with Crippen molar-refractivity contribution in [3.8, 4) is 0 Å². The molecule has 3 aromatic rings. The van der Waals surface area contributed by atoms with Crippen LogP contribution < -0.4 is 5.73 Å². The summed E-state index contributed by atoms with van der Waals surface area (Å²) in [4.78, 5) is 19.0. The van der Waals surface area contributed by atoms with Crippen LogP contribution in [0.1, 0.15) is 47.6 Å². The number of halogens is 1. The lowest BCUT2D eigenvalue weighted by Crippen LogP contribution is -2.34. The maximum atomic E-state index is 12.9. The highest BCUT2D eigenvalue weighted by molar-refractivity contribution is 7.09. The van der Waals surface area contributed by atoms with Gasteiger partial charge in [0.25, 0.3) is 5.91 Å². The highest BCUT2D eigenvalue weighted by Gasteiger charge is 2.26. The number of carbonyl (C=O) groups excluding carboxylic acids is 1. The van der Waals surface area contributed by atoms with Gasteiger partial charge in [-0.3, -0.25) is 4.79 Å². The van der Waals surface area contributed by atoms with Crippen molar-refractivity contribution >= 4 is 40.6 Å². The summed E-state index contributed by atoms with van der Waals surface area (Å²) in [7, 11) is 0. The summed E-state index contributed by atoms with van der Waals surface area (Å²) in [5.74, 6) is 0.702. The molecule has 25 heavy (non-hydrogen) atoms. The zero-order valence-electron chi connectivity index (χ0n) is 14.3. The van der Waals surface area contributed by atoms with Crippen molar-refractivity contribution < 1.29 is 9.21 Å². The van der Waals surface area contributed by atoms with E-state index in [4.69, 9.17) is 10.2 Å². The van der Waals surface area contributed by atoms with E-state index in [1.54, 1.807) is 5.38 Å². The van der Waals surface area contributed by atoms with Gasteiger partial charge in [-0.15, -0.1) is 23.7 Å². The zero-order chi connectivity index (χ0) is 17.1. The SMILES string of the molecule is CCCN(C(=O)c1csc(CN)n1)C(C)c1cc2ccccc2o1.Cl. The Morgan fingerprint density at radius 1 is 1.40 bits per heavy atom. The topological polar surface area (TPSA) is 72.4 Å². The number of hydrogen-bond acceptors (Lipinski definition) is 5. The van der Waals surface area contributed by atoms with Crippen molar-refractivity contribution in [1.29, 1.82) is 0 Å². The molecule has 1 amide bonds. The van der Waals surface area contributed by atoms with Gasteiger partial charge in [0.15, 0.2) is 0 Å². The smallest absolute Gasteiger partial charge is 0.273 e. The average Bonchev–Trinajstić information content (AvgIpc) is 3.24. The Bertz CT molecular complexity index is 813. The van der Waals surface area contributed by atoms with Gasteiger partial charge in [-0.2, -0.15) is 0 Å². The summed E-state index contributed by atoms with van der Waals surface area (Å²) in [6, 6.07) is 9.71. The fourth-order valence-corrected chi connectivity index (χ4v) is 3.37. The number of benzene rings is 1. The van der Waals surface area contributed by atoms with E-state index in [9.17, 15) is 4.79 Å². The summed E-state index contributed by atoms with van der Waals surface area (Å²) in [6.45, 7) is 5.04. The van der Waals surface area contributed by atoms with Gasteiger partial charge in [-0.25, -0.2) is 4.98 Å². The van der Waals surface area contributed by atoms with Crippen LogP contribution >= 0.6 is 23.7 Å². The predicted octanol–water partition coefficient (Wildman–Crippen LogP) is 4.38. The molecule has 1 aromatic carbocycles. The van der Waals surface area contributed by atoms with Gasteiger partial charge in [0.05, 0.1) is 6.04 Å². The Hall–Kier alpha value is -1.89. The second-order valence-corrected chi connectivity index (χ2v) is 6.63. The number of aromatic nitrogens is 1. The first kappa shape index (κ1) is 19.4. The van der Waals surface area contributed by atoms with Gasteiger partial charge in [0.2, 0.25) is 0 Å². The molecule has 2 aromatic heterocycles. The Morgan fingerprint density at radius 2 is 2.16 bits per heavy atom. The molecule has 0 aliphatic rings. The predicted molar refractivity (Wildman–Crippen MR) is 103 cm³/mol. The number of hydrogen-bond donors (Lipinski definition) is 1. The molecule has 0 aliphatic heterocycles. The number of rotatable bonds is 6. The van der Waals surface area contributed by atoms with Crippen LogP contribution in [0.5, 0.6) is 0 Å². The quantitative estimate of drug-likeness (QED) is 0.689. The van der Waals surface area contributed by atoms with Gasteiger partial charge < -0.3 is 15.1 Å². The third-order valence-corrected chi connectivity index (χ3v) is 4.87. The van der Waals surface area contributed by atoms with E-state index in [0.29, 0.717) is 18.8 Å². The molecule has 1 unspecified atom stereocenters. The van der Waals surface area contributed by atoms with E-state index in [0.717, 1.165) is 28.2 Å². The number of fused-ring (bicyclic) bond motifs is 1. The molecule has 0 bridgehead atoms. The number of amides is 1. The molecule has 0 aliphatic carbocycles. The van der Waals surface area contributed by atoms with Crippen molar-refractivity contribution in [1.82, 2.24) is 9.88 Å². The Kier molecular flexibility index (Phi) is 6.58. The maximum absolute atomic E-state index is 12.9. The van der Waals surface area contributed by atoms with E-state index >= 15 is 0 Å². The van der Waals surface area contributed by atoms with Crippen molar-refractivity contribution in [3.63, 3.8) is 0 Å². The van der Waals surface area contributed by atoms with Crippen LogP contribution in [0.15, 0.2) is 40.1 Å². The highest BCUT2D eigenvalue weighted by atomic mass is 35.5. The molecule has 0 fully saturated rings. The van der Waals surface area contributed by atoms with Gasteiger partial charge >= 0.3 is 0 Å². The van der Waals surface area contributed by atoms with Gasteiger partial charge in [-0.05, 0) is 25.5 Å². The number of carbonyl (C=O) groups is 1. The molecule has 0 saturated carbocycles. The zero-order valence-corrected chi connectivity index (χ0v) is 15.9. The summed E-state index contributed by atoms with van der Waals surface area (Å²) >= 11 is 1.42. The van der Waals surface area contributed by atoms with Crippen LogP contribution in [-0.4, -0.2) is 22.3 Å². The molecule has 0 saturated heterocycles. The number of furan rings is 1. The van der Waals surface area contributed by atoms with Crippen LogP contribution in [0.2, 0.25) is 0 Å². The Labute approximate surface area is 157 Å². The minimum atomic E-state index is -0.159. The van der Waals surface area contributed by atoms with E-state index in [1.165, 1.54) is 11.3 Å².